The molecule has 0 saturated heterocycles. The first-order chi connectivity index (χ1) is 38.6. The third-order valence-corrected chi connectivity index (χ3v) is 13.4. The highest BCUT2D eigenvalue weighted by Crippen LogP contribution is 2.38. The van der Waals surface area contributed by atoms with Crippen LogP contribution in [0.15, 0.2) is 164 Å². The van der Waals surface area contributed by atoms with Gasteiger partial charge >= 0.3 is 36.6 Å². The van der Waals surface area contributed by atoms with E-state index in [1.165, 1.54) is 35.4 Å². The van der Waals surface area contributed by atoms with Crippen LogP contribution < -0.4 is 10.6 Å². The molecule has 0 aliphatic rings. The van der Waals surface area contributed by atoms with Gasteiger partial charge in [-0.25, -0.2) is 9.59 Å². The number of aryl methyl sites for hydroxylation is 1. The van der Waals surface area contributed by atoms with Crippen molar-refractivity contribution in [3.63, 3.8) is 0 Å². The molecule has 0 saturated carbocycles. The molecule has 4 N–H and O–H groups in total. The first-order valence-corrected chi connectivity index (χ1v) is 25.9. The van der Waals surface area contributed by atoms with Gasteiger partial charge in [0.2, 0.25) is 0 Å². The number of nitrogens with zero attached hydrogens (tertiary/aromatic N) is 2. The molecule has 0 spiro atoms. The fourth-order valence-electron chi connectivity index (χ4n) is 9.11. The average Bonchev–Trinajstić information content (AvgIpc) is 3.46. The van der Waals surface area contributed by atoms with Gasteiger partial charge in [0.25, 0.3) is 0 Å². The number of hydrogen-bond donors (Lipinski definition) is 4. The Hall–Kier alpha value is -7.52. The van der Waals surface area contributed by atoms with Crippen LogP contribution in [0.1, 0.15) is 112 Å². The van der Waals surface area contributed by atoms with Crippen LogP contribution in [0.3, 0.4) is 0 Å². The Kier molecular flexibility index (Phi) is 22.1. The summed E-state index contributed by atoms with van der Waals surface area (Å²) in [7, 11) is 0. The number of benzene rings is 7. The van der Waals surface area contributed by atoms with Crippen LogP contribution in [0.2, 0.25) is 0 Å². The summed E-state index contributed by atoms with van der Waals surface area (Å²) in [6.45, 7) is 6.61. The van der Waals surface area contributed by atoms with Gasteiger partial charge in [0.05, 0.1) is 39.4 Å². The van der Waals surface area contributed by atoms with Crippen molar-refractivity contribution in [1.82, 2.24) is 20.4 Å². The van der Waals surface area contributed by atoms with Gasteiger partial charge < -0.3 is 20.8 Å². The zero-order valence-corrected chi connectivity index (χ0v) is 44.6. The Morgan fingerprint density at radius 2 is 0.817 bits per heavy atom. The number of alkyl halides is 12. The summed E-state index contributed by atoms with van der Waals surface area (Å²) in [6, 6.07) is 40.7. The molecule has 7 rings (SSSR count). The van der Waals surface area contributed by atoms with Gasteiger partial charge in [0, 0.05) is 45.8 Å². The van der Waals surface area contributed by atoms with Crippen LogP contribution in [-0.2, 0) is 57.4 Å². The van der Waals surface area contributed by atoms with Gasteiger partial charge in [-0.15, -0.1) is 0 Å². The zero-order valence-electron chi connectivity index (χ0n) is 44.6. The molecule has 0 aliphatic carbocycles. The van der Waals surface area contributed by atoms with Gasteiger partial charge in [-0.05, 0) is 151 Å². The number of carboxylic acids is 2. The highest BCUT2D eigenvalue weighted by atomic mass is 19.4. The van der Waals surface area contributed by atoms with Crippen molar-refractivity contribution in [1.29, 1.82) is 0 Å². The lowest BCUT2D eigenvalue weighted by molar-refractivity contribution is -0.144. The van der Waals surface area contributed by atoms with Crippen LogP contribution >= 0.6 is 0 Å². The highest BCUT2D eigenvalue weighted by Gasteiger charge is 2.38. The second-order valence-electron chi connectivity index (χ2n) is 19.7. The molecule has 0 bridgehead atoms. The molecule has 0 fully saturated rings. The van der Waals surface area contributed by atoms with Crippen LogP contribution in [0.4, 0.5) is 52.7 Å². The third kappa shape index (κ3) is 19.6. The molecule has 436 valence electrons. The molecular formula is C62H60F12N4O4. The Bertz CT molecular complexity index is 3070. The van der Waals surface area contributed by atoms with Gasteiger partial charge in [-0.2, -0.15) is 52.7 Å². The molecule has 7 aromatic rings. The van der Waals surface area contributed by atoms with Crippen LogP contribution in [0.25, 0.3) is 0 Å². The molecule has 0 atom stereocenters. The fourth-order valence-corrected chi connectivity index (χ4v) is 9.11. The normalized spacial score (nSPS) is 12.2. The quantitative estimate of drug-likeness (QED) is 0.0371. The molecule has 8 nitrogen and oxygen atoms in total. The maximum absolute atomic E-state index is 13.5. The standard InChI is InChI=1S/C33H30F6N2O2.C29H30F6N2O2/c34-32(35,36)28-18-24(19-29(20-28)33(37,38)39)22-41(21-23-12-14-27(15-13-23)31(42)43)17-7-16-40-30(25-8-3-1-4-9-25)26-10-5-2-6-11-26;1-19-5-3-6-24(20(19)2)16-36-11-4-12-37(17-21-7-9-23(10-8-21)27(38)39)18-22-13-25(28(30,31)32)15-26(14-22)29(33,34)35/h1-6,8-15,18-20,30,40H,7,16-17,21-22H2,(H,42,43);3,5-10,13-15,36H,4,11-12,16-18H2,1-2H3,(H,38,39). The van der Waals surface area contributed by atoms with Crippen molar-refractivity contribution in [2.24, 2.45) is 0 Å². The number of rotatable bonds is 23. The smallest absolute Gasteiger partial charge is 0.416 e. The zero-order chi connectivity index (χ0) is 59.8. The Balaban J connectivity index is 0.000000265. The van der Waals surface area contributed by atoms with Crippen LogP contribution in [0.5, 0.6) is 0 Å². The van der Waals surface area contributed by atoms with Gasteiger partial charge in [0.15, 0.2) is 0 Å². The third-order valence-electron chi connectivity index (χ3n) is 13.4. The Morgan fingerprint density at radius 1 is 0.451 bits per heavy atom. The Morgan fingerprint density at radius 3 is 1.18 bits per heavy atom. The van der Waals surface area contributed by atoms with Gasteiger partial charge in [-0.3, -0.25) is 9.80 Å². The summed E-state index contributed by atoms with van der Waals surface area (Å²) in [5.74, 6) is -2.21. The lowest BCUT2D eigenvalue weighted by Crippen LogP contribution is -2.29. The van der Waals surface area contributed by atoms with E-state index in [1.807, 2.05) is 92.7 Å². The summed E-state index contributed by atoms with van der Waals surface area (Å²) in [5.41, 5.74) is 1.45. The number of carboxylic acid groups (broad SMARTS) is 2. The van der Waals surface area contributed by atoms with Crippen LogP contribution in [0, 0.1) is 13.8 Å². The second kappa shape index (κ2) is 28.5. The maximum atomic E-state index is 13.5. The molecule has 0 unspecified atom stereocenters. The van der Waals surface area contributed by atoms with E-state index in [9.17, 15) is 67.4 Å². The van der Waals surface area contributed by atoms with Crippen molar-refractivity contribution in [2.75, 3.05) is 26.2 Å². The summed E-state index contributed by atoms with van der Waals surface area (Å²) < 4.78 is 161. The molecule has 0 amide bonds. The van der Waals surface area contributed by atoms with Crippen molar-refractivity contribution >= 4 is 11.9 Å². The van der Waals surface area contributed by atoms with E-state index in [2.05, 4.69) is 10.6 Å². The van der Waals surface area contributed by atoms with E-state index in [1.54, 1.807) is 34.1 Å². The lowest BCUT2D eigenvalue weighted by atomic mass is 9.98. The summed E-state index contributed by atoms with van der Waals surface area (Å²) in [6.07, 6.45) is -18.6. The lowest BCUT2D eigenvalue weighted by Gasteiger charge is -2.25. The monoisotopic (exact) mass is 1150 g/mol. The maximum Gasteiger partial charge on any atom is 0.416 e. The molecule has 0 aromatic heterocycles. The molecule has 0 radical (unpaired) electrons. The molecule has 7 aromatic carbocycles. The largest absolute Gasteiger partial charge is 0.478 e. The fraction of sp³-hybridized carbons (Fsp3) is 0.290. The van der Waals surface area contributed by atoms with E-state index in [-0.39, 0.29) is 66.6 Å². The Labute approximate surface area is 467 Å². The summed E-state index contributed by atoms with van der Waals surface area (Å²) in [4.78, 5) is 25.9. The molecular weight excluding hydrogens is 1090 g/mol. The average molecular weight is 1150 g/mol. The summed E-state index contributed by atoms with van der Waals surface area (Å²) >= 11 is 0. The molecule has 82 heavy (non-hydrogen) atoms. The number of carbonyl (C=O) groups is 2. The van der Waals surface area contributed by atoms with E-state index in [4.69, 9.17) is 5.11 Å². The van der Waals surface area contributed by atoms with Crippen molar-refractivity contribution in [3.8, 4) is 0 Å². The molecule has 0 aliphatic heterocycles. The minimum absolute atomic E-state index is 0.0695. The van der Waals surface area contributed by atoms with E-state index in [0.717, 1.165) is 41.0 Å². The number of halogens is 12. The molecule has 20 heteroatoms. The van der Waals surface area contributed by atoms with E-state index in [0.29, 0.717) is 56.7 Å². The van der Waals surface area contributed by atoms with E-state index < -0.39 is 58.9 Å². The molecule has 0 heterocycles. The number of nitrogens with one attached hydrogen (secondary N) is 2. The van der Waals surface area contributed by atoms with Crippen LogP contribution in [-0.4, -0.2) is 58.1 Å². The first kappa shape index (κ1) is 63.7. The second-order valence-corrected chi connectivity index (χ2v) is 19.7. The predicted molar refractivity (Wildman–Crippen MR) is 288 cm³/mol. The number of aromatic carboxylic acids is 2. The summed E-state index contributed by atoms with van der Waals surface area (Å²) in [5, 5.41) is 25.2. The SMILES string of the molecule is Cc1cccc(CNCCCN(Cc2ccc(C(=O)O)cc2)Cc2cc(C(F)(F)F)cc(C(F)(F)F)c2)c1C.O=C(O)c1ccc(CN(CCCNC(c2ccccc2)c2ccccc2)Cc2cc(C(F)(F)F)cc(C(F)(F)F)c2)cc1. The predicted octanol–water partition coefficient (Wildman–Crippen LogP) is 15.4. The van der Waals surface area contributed by atoms with Crippen molar-refractivity contribution < 1.29 is 72.5 Å². The van der Waals surface area contributed by atoms with Gasteiger partial charge in [0.1, 0.15) is 0 Å². The van der Waals surface area contributed by atoms with Crippen molar-refractivity contribution in [2.45, 2.75) is 90.2 Å². The topological polar surface area (TPSA) is 105 Å². The highest BCUT2D eigenvalue weighted by molar-refractivity contribution is 5.88. The minimum atomic E-state index is -4.94. The number of hydrogen-bond acceptors (Lipinski definition) is 6. The first-order valence-electron chi connectivity index (χ1n) is 25.9. The van der Waals surface area contributed by atoms with Crippen molar-refractivity contribution in [3.05, 3.63) is 247 Å². The minimum Gasteiger partial charge on any atom is -0.478 e. The van der Waals surface area contributed by atoms with E-state index >= 15 is 0 Å². The van der Waals surface area contributed by atoms with Gasteiger partial charge in [-0.1, -0.05) is 103 Å².